The molecule has 1 rings (SSSR count). The minimum Gasteiger partial charge on any atom is -0.329 e. The molecule has 96 valence electrons. The maximum absolute atomic E-state index is 6.03. The van der Waals surface area contributed by atoms with Crippen molar-refractivity contribution < 1.29 is 0 Å². The quantitative estimate of drug-likeness (QED) is 0.699. The molecule has 0 atom stereocenters. The van der Waals surface area contributed by atoms with E-state index in [2.05, 4.69) is 30.8 Å². The highest BCUT2D eigenvalue weighted by Gasteiger charge is 2.35. The second-order valence-corrected chi connectivity index (χ2v) is 5.36. The second-order valence-electron chi connectivity index (χ2n) is 5.36. The van der Waals surface area contributed by atoms with Gasteiger partial charge in [0, 0.05) is 12.1 Å². The van der Waals surface area contributed by atoms with Crippen LogP contribution in [0, 0.1) is 0 Å². The largest absolute Gasteiger partial charge is 0.329 e. The van der Waals surface area contributed by atoms with Crippen LogP contribution in [0.25, 0.3) is 0 Å². The molecule has 0 radical (unpaired) electrons. The number of rotatable bonds is 6. The molecule has 16 heavy (non-hydrogen) atoms. The molecule has 0 aromatic heterocycles. The highest BCUT2D eigenvalue weighted by molar-refractivity contribution is 4.94. The molecule has 0 amide bonds. The maximum Gasteiger partial charge on any atom is 0.0353 e. The molecule has 1 aliphatic heterocycles. The van der Waals surface area contributed by atoms with Crippen molar-refractivity contribution >= 4 is 0 Å². The summed E-state index contributed by atoms with van der Waals surface area (Å²) in [6.07, 6.45) is 6.40. The molecule has 0 unspecified atom stereocenters. The lowest BCUT2D eigenvalue weighted by molar-refractivity contribution is 0.0529. The minimum absolute atomic E-state index is 0.278. The molecule has 0 bridgehead atoms. The van der Waals surface area contributed by atoms with Gasteiger partial charge in [-0.25, -0.2) is 0 Å². The zero-order chi connectivity index (χ0) is 12.0. The van der Waals surface area contributed by atoms with Gasteiger partial charge >= 0.3 is 0 Å². The molecule has 0 aromatic carbocycles. The van der Waals surface area contributed by atoms with Crippen LogP contribution in [0.2, 0.25) is 0 Å². The Labute approximate surface area is 101 Å². The summed E-state index contributed by atoms with van der Waals surface area (Å²) in [5.74, 6) is 0. The normalized spacial score (nSPS) is 21.6. The SMILES string of the molecule is CCCCCN(C)C1(CN)CCN(C)CC1. The van der Waals surface area contributed by atoms with Crippen molar-refractivity contribution in [2.75, 3.05) is 40.3 Å². The molecule has 0 saturated carbocycles. The molecule has 1 saturated heterocycles. The summed E-state index contributed by atoms with van der Waals surface area (Å²) in [5.41, 5.74) is 6.31. The highest BCUT2D eigenvalue weighted by atomic mass is 15.2. The summed E-state index contributed by atoms with van der Waals surface area (Å²) in [6, 6.07) is 0. The van der Waals surface area contributed by atoms with Crippen LogP contribution in [0.15, 0.2) is 0 Å². The number of unbranched alkanes of at least 4 members (excludes halogenated alkanes) is 2. The zero-order valence-corrected chi connectivity index (χ0v) is 11.3. The number of nitrogens with two attached hydrogens (primary N) is 1. The van der Waals surface area contributed by atoms with Crippen LogP contribution in [0.3, 0.4) is 0 Å². The van der Waals surface area contributed by atoms with Crippen molar-refractivity contribution in [3.8, 4) is 0 Å². The molecular weight excluding hydrogens is 198 g/mol. The molecule has 0 aromatic rings. The fourth-order valence-electron chi connectivity index (χ4n) is 2.61. The molecule has 1 heterocycles. The Morgan fingerprint density at radius 2 is 1.88 bits per heavy atom. The van der Waals surface area contributed by atoms with Gasteiger partial charge in [0.05, 0.1) is 0 Å². The number of hydrogen-bond acceptors (Lipinski definition) is 3. The van der Waals surface area contributed by atoms with Crippen molar-refractivity contribution in [1.82, 2.24) is 9.80 Å². The first kappa shape index (κ1) is 13.9. The zero-order valence-electron chi connectivity index (χ0n) is 11.3. The lowest BCUT2D eigenvalue weighted by Gasteiger charge is -2.46. The van der Waals surface area contributed by atoms with E-state index < -0.39 is 0 Å². The van der Waals surface area contributed by atoms with Gasteiger partial charge in [0.25, 0.3) is 0 Å². The van der Waals surface area contributed by atoms with E-state index in [9.17, 15) is 0 Å². The standard InChI is InChI=1S/C13H29N3/c1-4-5-6-9-16(3)13(12-14)7-10-15(2)11-8-13/h4-12,14H2,1-3H3. The van der Waals surface area contributed by atoms with Crippen LogP contribution < -0.4 is 5.73 Å². The third kappa shape index (κ3) is 3.44. The Hall–Kier alpha value is -0.120. The van der Waals surface area contributed by atoms with E-state index in [1.165, 1.54) is 51.7 Å². The summed E-state index contributed by atoms with van der Waals surface area (Å²) in [4.78, 5) is 4.93. The molecule has 1 aliphatic rings. The van der Waals surface area contributed by atoms with Gasteiger partial charge in [0.15, 0.2) is 0 Å². The van der Waals surface area contributed by atoms with Gasteiger partial charge in [-0.2, -0.15) is 0 Å². The van der Waals surface area contributed by atoms with Crippen molar-refractivity contribution in [3.63, 3.8) is 0 Å². The fourth-order valence-corrected chi connectivity index (χ4v) is 2.61. The van der Waals surface area contributed by atoms with Crippen LogP contribution in [0.5, 0.6) is 0 Å². The van der Waals surface area contributed by atoms with Gasteiger partial charge in [-0.15, -0.1) is 0 Å². The number of piperidine rings is 1. The third-order valence-electron chi connectivity index (χ3n) is 4.20. The average Bonchev–Trinajstić information content (AvgIpc) is 2.31. The van der Waals surface area contributed by atoms with Gasteiger partial charge in [-0.05, 0) is 53.0 Å². The van der Waals surface area contributed by atoms with Crippen LogP contribution in [-0.4, -0.2) is 55.6 Å². The molecule has 3 heteroatoms. The second kappa shape index (κ2) is 6.58. The predicted octanol–water partition coefficient (Wildman–Crippen LogP) is 1.53. The molecule has 1 fully saturated rings. The third-order valence-corrected chi connectivity index (χ3v) is 4.20. The predicted molar refractivity (Wildman–Crippen MR) is 70.7 cm³/mol. The lowest BCUT2D eigenvalue weighted by Crippen LogP contribution is -2.57. The Balaban J connectivity index is 2.44. The van der Waals surface area contributed by atoms with Gasteiger partial charge in [-0.1, -0.05) is 19.8 Å². The van der Waals surface area contributed by atoms with Crippen LogP contribution in [0.4, 0.5) is 0 Å². The number of hydrogen-bond donors (Lipinski definition) is 1. The van der Waals surface area contributed by atoms with Gasteiger partial charge in [-0.3, -0.25) is 4.90 Å². The van der Waals surface area contributed by atoms with E-state index in [-0.39, 0.29) is 5.54 Å². The monoisotopic (exact) mass is 227 g/mol. The van der Waals surface area contributed by atoms with Crippen LogP contribution in [0.1, 0.15) is 39.0 Å². The smallest absolute Gasteiger partial charge is 0.0353 e. The van der Waals surface area contributed by atoms with Gasteiger partial charge in [0.2, 0.25) is 0 Å². The number of likely N-dealkylation sites (N-methyl/N-ethyl adjacent to an activating group) is 1. The molecule has 0 aliphatic carbocycles. The van der Waals surface area contributed by atoms with Gasteiger partial charge in [0.1, 0.15) is 0 Å². The van der Waals surface area contributed by atoms with Gasteiger partial charge < -0.3 is 10.6 Å². The van der Waals surface area contributed by atoms with Crippen molar-refractivity contribution in [2.45, 2.75) is 44.6 Å². The topological polar surface area (TPSA) is 32.5 Å². The summed E-state index contributed by atoms with van der Waals surface area (Å²) in [7, 11) is 4.46. The Bertz CT molecular complexity index is 186. The van der Waals surface area contributed by atoms with Crippen LogP contribution >= 0.6 is 0 Å². The number of nitrogens with zero attached hydrogens (tertiary/aromatic N) is 2. The summed E-state index contributed by atoms with van der Waals surface area (Å²) in [6.45, 7) is 6.65. The first-order valence-corrected chi connectivity index (χ1v) is 6.74. The molecule has 2 N–H and O–H groups in total. The Kier molecular flexibility index (Phi) is 5.73. The summed E-state index contributed by atoms with van der Waals surface area (Å²) in [5, 5.41) is 0. The molecule has 3 nitrogen and oxygen atoms in total. The summed E-state index contributed by atoms with van der Waals surface area (Å²) < 4.78 is 0. The van der Waals surface area contributed by atoms with E-state index in [4.69, 9.17) is 5.73 Å². The maximum atomic E-state index is 6.03. The Morgan fingerprint density at radius 3 is 2.38 bits per heavy atom. The highest BCUT2D eigenvalue weighted by Crippen LogP contribution is 2.26. The van der Waals surface area contributed by atoms with E-state index in [0.717, 1.165) is 6.54 Å². The van der Waals surface area contributed by atoms with Crippen molar-refractivity contribution in [1.29, 1.82) is 0 Å². The van der Waals surface area contributed by atoms with E-state index >= 15 is 0 Å². The van der Waals surface area contributed by atoms with E-state index in [1.807, 2.05) is 0 Å². The van der Waals surface area contributed by atoms with Crippen molar-refractivity contribution in [2.24, 2.45) is 5.73 Å². The molecular formula is C13H29N3. The minimum atomic E-state index is 0.278. The average molecular weight is 227 g/mol. The van der Waals surface area contributed by atoms with Crippen molar-refractivity contribution in [3.05, 3.63) is 0 Å². The number of likely N-dealkylation sites (tertiary alicyclic amines) is 1. The summed E-state index contributed by atoms with van der Waals surface area (Å²) >= 11 is 0. The molecule has 0 spiro atoms. The lowest BCUT2D eigenvalue weighted by atomic mass is 9.86. The first-order valence-electron chi connectivity index (χ1n) is 6.74. The Morgan fingerprint density at radius 1 is 1.25 bits per heavy atom. The van der Waals surface area contributed by atoms with Crippen LogP contribution in [-0.2, 0) is 0 Å². The first-order chi connectivity index (χ1) is 7.64. The van der Waals surface area contributed by atoms with E-state index in [1.54, 1.807) is 0 Å². The van der Waals surface area contributed by atoms with E-state index in [0.29, 0.717) is 0 Å². The fraction of sp³-hybridized carbons (Fsp3) is 1.00.